The Balaban J connectivity index is 1.11. The van der Waals surface area contributed by atoms with E-state index in [0.29, 0.717) is 54.9 Å². The van der Waals surface area contributed by atoms with Crippen LogP contribution in [0.2, 0.25) is 0 Å². The Bertz CT molecular complexity index is 2030. The summed E-state index contributed by atoms with van der Waals surface area (Å²) in [7, 11) is 3.30. The van der Waals surface area contributed by atoms with Gasteiger partial charge in [-0.05, 0) is 66.0 Å². The summed E-state index contributed by atoms with van der Waals surface area (Å²) in [5.74, 6) is -2.62. The Labute approximate surface area is 288 Å². The molecule has 0 bridgehead atoms. The molecule has 258 valence electrons. The van der Waals surface area contributed by atoms with Crippen LogP contribution >= 0.6 is 0 Å². The van der Waals surface area contributed by atoms with Gasteiger partial charge in [-0.2, -0.15) is 0 Å². The molecule has 7 rings (SSSR count). The molecule has 3 aliphatic heterocycles. The van der Waals surface area contributed by atoms with Gasteiger partial charge in [-0.25, -0.2) is 8.78 Å². The highest BCUT2D eigenvalue weighted by atomic mass is 19.1. The Morgan fingerprint density at radius 3 is 2.44 bits per heavy atom. The van der Waals surface area contributed by atoms with E-state index in [1.54, 1.807) is 31.3 Å². The van der Waals surface area contributed by atoms with Crippen molar-refractivity contribution in [1.82, 2.24) is 25.1 Å². The van der Waals surface area contributed by atoms with E-state index in [4.69, 9.17) is 0 Å². The topological polar surface area (TPSA) is 119 Å². The number of aromatic amines is 1. The number of halogens is 2. The Morgan fingerprint density at radius 2 is 1.76 bits per heavy atom. The third-order valence-corrected chi connectivity index (χ3v) is 10.1. The lowest BCUT2D eigenvalue weighted by molar-refractivity contribution is -0.134. The fourth-order valence-electron chi connectivity index (χ4n) is 7.37. The zero-order valence-corrected chi connectivity index (χ0v) is 28.0. The highest BCUT2D eigenvalue weighted by Gasteiger charge is 2.32. The highest BCUT2D eigenvalue weighted by Crippen LogP contribution is 2.38. The van der Waals surface area contributed by atoms with Gasteiger partial charge in [0.25, 0.3) is 5.91 Å². The van der Waals surface area contributed by atoms with Crippen molar-refractivity contribution in [2.24, 2.45) is 0 Å². The van der Waals surface area contributed by atoms with Crippen molar-refractivity contribution in [2.75, 3.05) is 45.2 Å². The molecular formula is C38H38F2N6O4. The molecule has 1 atom stereocenters. The smallest absolute Gasteiger partial charge is 0.269 e. The van der Waals surface area contributed by atoms with Gasteiger partial charge in [-0.3, -0.25) is 29.5 Å². The van der Waals surface area contributed by atoms with Crippen molar-refractivity contribution >= 4 is 46.3 Å². The number of imide groups is 1. The molecule has 4 aromatic rings. The molecule has 3 aliphatic rings. The molecule has 0 spiro atoms. The standard InChI is InChI=1S/C38H38F2N6O4/c1-44(2)38(50)32-18-30-28(17-29(34(40)36(30)42-32)25-4-3-13-45(20-25)21-47)24-7-5-22(6-8-24)23-11-14-46(15-12-23)26-16-31(39)35(41-19-26)27-9-10-33(48)43-37(27)49/h4-8,16-19,21,23,27,42H,3,9-15,20H2,1-2H3,(H,43,48,49). The number of nitrogens with zero attached hydrogens (tertiary/aromatic N) is 4. The molecule has 12 heteroatoms. The van der Waals surface area contributed by atoms with Gasteiger partial charge in [0, 0.05) is 63.7 Å². The maximum absolute atomic E-state index is 16.1. The number of rotatable bonds is 7. The Hall–Kier alpha value is -5.39. The molecule has 2 N–H and O–H groups in total. The molecular weight excluding hydrogens is 642 g/mol. The summed E-state index contributed by atoms with van der Waals surface area (Å²) >= 11 is 0. The van der Waals surface area contributed by atoms with Crippen LogP contribution in [-0.2, 0) is 14.4 Å². The molecule has 5 heterocycles. The molecule has 2 fully saturated rings. The van der Waals surface area contributed by atoms with Crippen molar-refractivity contribution in [2.45, 2.75) is 43.9 Å². The van der Waals surface area contributed by atoms with E-state index in [0.717, 1.165) is 36.0 Å². The number of hydrogen-bond acceptors (Lipinski definition) is 6. The van der Waals surface area contributed by atoms with Crippen molar-refractivity contribution < 1.29 is 28.0 Å². The first-order valence-electron chi connectivity index (χ1n) is 16.9. The van der Waals surface area contributed by atoms with Gasteiger partial charge in [0.15, 0.2) is 5.82 Å². The number of hydrogen-bond donors (Lipinski definition) is 2. The van der Waals surface area contributed by atoms with E-state index in [1.165, 1.54) is 16.5 Å². The normalized spacial score (nSPS) is 18.6. The first kappa shape index (κ1) is 33.1. The predicted octanol–water partition coefficient (Wildman–Crippen LogP) is 5.36. The van der Waals surface area contributed by atoms with E-state index in [9.17, 15) is 19.2 Å². The van der Waals surface area contributed by atoms with Crippen LogP contribution in [-0.4, -0.2) is 84.2 Å². The summed E-state index contributed by atoms with van der Waals surface area (Å²) in [5.41, 5.74) is 5.22. The average molecular weight is 681 g/mol. The lowest BCUT2D eigenvalue weighted by Crippen LogP contribution is -2.40. The quantitative estimate of drug-likeness (QED) is 0.201. The van der Waals surface area contributed by atoms with Gasteiger partial charge in [0.1, 0.15) is 11.5 Å². The SMILES string of the molecule is CN(C)C(=O)c1cc2c(-c3ccc(C4CCN(c5cnc(C6CCC(=O)NC6=O)c(F)c5)CC4)cc3)cc(C3=CCCN(C=O)C3)c(F)c2[nH]1. The largest absolute Gasteiger partial charge is 0.370 e. The maximum atomic E-state index is 16.1. The van der Waals surface area contributed by atoms with Crippen molar-refractivity contribution in [3.05, 3.63) is 88.9 Å². The van der Waals surface area contributed by atoms with Crippen LogP contribution in [0.3, 0.4) is 0 Å². The number of H-pyrrole nitrogens is 1. The van der Waals surface area contributed by atoms with Gasteiger partial charge in [-0.1, -0.05) is 30.3 Å². The van der Waals surface area contributed by atoms with Crippen molar-refractivity contribution in [1.29, 1.82) is 0 Å². The molecule has 2 saturated heterocycles. The number of pyridine rings is 1. The lowest BCUT2D eigenvalue weighted by atomic mass is 9.87. The van der Waals surface area contributed by atoms with Crippen LogP contribution in [0.15, 0.2) is 54.7 Å². The molecule has 0 radical (unpaired) electrons. The highest BCUT2D eigenvalue weighted by molar-refractivity contribution is 6.04. The van der Waals surface area contributed by atoms with Gasteiger partial charge in [0.2, 0.25) is 18.2 Å². The Morgan fingerprint density at radius 1 is 1.00 bits per heavy atom. The van der Waals surface area contributed by atoms with Gasteiger partial charge in [-0.15, -0.1) is 0 Å². The summed E-state index contributed by atoms with van der Waals surface area (Å²) in [6.45, 7) is 2.29. The minimum atomic E-state index is -0.773. The van der Waals surface area contributed by atoms with E-state index in [1.807, 2.05) is 24.3 Å². The number of aromatic nitrogens is 2. The number of anilines is 1. The maximum Gasteiger partial charge on any atom is 0.269 e. The zero-order chi connectivity index (χ0) is 35.1. The van der Waals surface area contributed by atoms with Crippen LogP contribution < -0.4 is 10.2 Å². The number of carbonyl (C=O) groups is 4. The first-order valence-corrected chi connectivity index (χ1v) is 16.9. The number of nitrogens with one attached hydrogen (secondary N) is 2. The molecule has 2 aromatic carbocycles. The number of carbonyl (C=O) groups excluding carboxylic acids is 4. The number of amides is 4. The molecule has 1 unspecified atom stereocenters. The summed E-state index contributed by atoms with van der Waals surface area (Å²) in [5, 5.41) is 2.87. The fourth-order valence-corrected chi connectivity index (χ4v) is 7.37. The summed E-state index contributed by atoms with van der Waals surface area (Å²) in [6, 6.07) is 13.2. The molecule has 2 aromatic heterocycles. The number of fused-ring (bicyclic) bond motifs is 1. The molecule has 0 saturated carbocycles. The number of piperidine rings is 2. The second-order valence-corrected chi connectivity index (χ2v) is 13.5. The third-order valence-electron chi connectivity index (χ3n) is 10.1. The van der Waals surface area contributed by atoms with E-state index >= 15 is 8.78 Å². The van der Waals surface area contributed by atoms with E-state index in [-0.39, 0.29) is 41.8 Å². The van der Waals surface area contributed by atoms with Crippen LogP contribution in [0.1, 0.15) is 71.2 Å². The second-order valence-electron chi connectivity index (χ2n) is 13.5. The molecule has 0 aliphatic carbocycles. The van der Waals surface area contributed by atoms with E-state index in [2.05, 4.69) is 32.3 Å². The zero-order valence-electron chi connectivity index (χ0n) is 28.0. The molecule has 50 heavy (non-hydrogen) atoms. The average Bonchev–Trinajstić information content (AvgIpc) is 3.58. The summed E-state index contributed by atoms with van der Waals surface area (Å²) in [4.78, 5) is 60.6. The van der Waals surface area contributed by atoms with Crippen LogP contribution in [0, 0.1) is 11.6 Å². The molecule has 4 amide bonds. The van der Waals surface area contributed by atoms with Crippen LogP contribution in [0.25, 0.3) is 27.6 Å². The van der Waals surface area contributed by atoms with E-state index < -0.39 is 23.5 Å². The molecule has 10 nitrogen and oxygen atoms in total. The lowest BCUT2D eigenvalue weighted by Gasteiger charge is -2.34. The minimum Gasteiger partial charge on any atom is -0.370 e. The summed E-state index contributed by atoms with van der Waals surface area (Å²) < 4.78 is 31.2. The fraction of sp³-hybridized carbons (Fsp3) is 0.342. The monoisotopic (exact) mass is 680 g/mol. The second kappa shape index (κ2) is 13.5. The Kier molecular flexibility index (Phi) is 8.94. The van der Waals surface area contributed by atoms with Gasteiger partial charge >= 0.3 is 0 Å². The van der Waals surface area contributed by atoms with Crippen LogP contribution in [0.4, 0.5) is 14.5 Å². The van der Waals surface area contributed by atoms with Crippen molar-refractivity contribution in [3.63, 3.8) is 0 Å². The summed E-state index contributed by atoms with van der Waals surface area (Å²) in [6.07, 6.45) is 7.07. The minimum absolute atomic E-state index is 0.0674. The predicted molar refractivity (Wildman–Crippen MR) is 185 cm³/mol. The van der Waals surface area contributed by atoms with Crippen LogP contribution in [0.5, 0.6) is 0 Å². The third kappa shape index (κ3) is 6.25. The first-order chi connectivity index (χ1) is 24.1. The number of benzene rings is 2. The van der Waals surface area contributed by atoms with Gasteiger partial charge < -0.3 is 19.7 Å². The van der Waals surface area contributed by atoms with Gasteiger partial charge in [0.05, 0.1) is 29.0 Å². The van der Waals surface area contributed by atoms with Crippen molar-refractivity contribution in [3.8, 4) is 11.1 Å².